The van der Waals surface area contributed by atoms with E-state index in [2.05, 4.69) is 272 Å². The van der Waals surface area contributed by atoms with E-state index in [0.717, 1.165) is 188 Å². The third-order valence-electron chi connectivity index (χ3n) is 30.1. The Balaban J connectivity index is 0.000000859. The highest BCUT2D eigenvalue weighted by Gasteiger charge is 2.59. The molecular formula is C108H232O26Si16. The summed E-state index contributed by atoms with van der Waals surface area (Å²) in [6, 6.07) is 0. The van der Waals surface area contributed by atoms with Crippen LogP contribution in [-0.4, -0.2) is 312 Å². The van der Waals surface area contributed by atoms with Gasteiger partial charge in [-0.3, -0.25) is 0 Å². The van der Waals surface area contributed by atoms with Crippen molar-refractivity contribution in [2.75, 3.05) is 177 Å². The Labute approximate surface area is 938 Å². The van der Waals surface area contributed by atoms with Gasteiger partial charge in [-0.05, 0) is 331 Å². The van der Waals surface area contributed by atoms with E-state index in [9.17, 15) is 0 Å². The minimum absolute atomic E-state index is 0.421. The fourth-order valence-corrected chi connectivity index (χ4v) is 102. The highest BCUT2D eigenvalue weighted by molar-refractivity contribution is 6.93. The lowest BCUT2D eigenvalue weighted by Crippen LogP contribution is -2.56. The average Bonchev–Trinajstić information content (AvgIpc) is 1.61. The van der Waals surface area contributed by atoms with Crippen LogP contribution in [0, 0.1) is 0 Å². The van der Waals surface area contributed by atoms with Gasteiger partial charge in [0, 0.05) is 266 Å². The fourth-order valence-electron chi connectivity index (χ4n) is 22.9. The maximum absolute atomic E-state index is 6.36. The zero-order valence-electron chi connectivity index (χ0n) is 104. The normalized spacial score (nSPS) is 21.2. The largest absolute Gasteiger partial charge is 0.421 e. The SMILES string of the molecule is CCO[Si](C)(C)C[Si](OCC)(OCC)C1C=CCC1.CCO[Si](C)(C)C[Si](OCC)(OCC)C1CC=CCC1.CCO[Si](C)(C[Si](OCC)(OCC)C1C=CCC1)OCC.CCO[Si](C)(C[Si](OCC)(OCC)C1CC=CCC1)OCC.CCO[Si](C[Si](C)(C)OC)(OC)C1C=CCC1.CCO[Si](C[Si](C)(C)OC)(OC)C1CC=CCC1.CO[Si](C)(C)C[Si](OC)(OC)C1C=CCC1.CO[Si](C)(C)C[Si](OC)(OC)C1CC=CCC1. The van der Waals surface area contributed by atoms with Crippen LogP contribution >= 0.6 is 0 Å². The molecule has 0 saturated heterocycles. The lowest BCUT2D eigenvalue weighted by atomic mass is 10.1. The molecule has 0 heterocycles. The van der Waals surface area contributed by atoms with E-state index in [0.29, 0.717) is 97.2 Å². The van der Waals surface area contributed by atoms with E-state index in [1.54, 1.807) is 21.3 Å². The van der Waals surface area contributed by atoms with Crippen molar-refractivity contribution in [1.29, 1.82) is 0 Å². The summed E-state index contributed by atoms with van der Waals surface area (Å²) < 4.78 is 157. The molecule has 0 aromatic rings. The first kappa shape index (κ1) is 148. The van der Waals surface area contributed by atoms with Crippen molar-refractivity contribution in [3.05, 3.63) is 97.2 Å². The molecule has 0 bridgehead atoms. The zero-order valence-corrected chi connectivity index (χ0v) is 120. The summed E-state index contributed by atoms with van der Waals surface area (Å²) in [5.41, 5.74) is 12.0. The van der Waals surface area contributed by atoms with Crippen molar-refractivity contribution >= 4 is 136 Å². The third kappa shape index (κ3) is 51.4. The Bertz CT molecular complexity index is 3660. The zero-order chi connectivity index (χ0) is 113. The number of hydrogen-bond donors (Lipinski definition) is 0. The Hall–Kier alpha value is 0.350. The molecule has 0 saturated carbocycles. The van der Waals surface area contributed by atoms with Gasteiger partial charge in [-0.2, -0.15) is 0 Å². The minimum Gasteiger partial charge on any atom is -0.421 e. The first-order valence-electron chi connectivity index (χ1n) is 58.1. The van der Waals surface area contributed by atoms with Gasteiger partial charge in [0.05, 0.1) is 0 Å². The summed E-state index contributed by atoms with van der Waals surface area (Å²) in [5.74, 6) is 0. The molecule has 0 N–H and O–H groups in total. The minimum atomic E-state index is -2.35. The summed E-state index contributed by atoms with van der Waals surface area (Å²) >= 11 is 0. The van der Waals surface area contributed by atoms with Crippen LogP contribution in [0.15, 0.2) is 97.2 Å². The number of hydrogen-bond acceptors (Lipinski definition) is 26. The van der Waals surface area contributed by atoms with Crippen LogP contribution in [-0.2, 0) is 115 Å². The molecule has 150 heavy (non-hydrogen) atoms. The summed E-state index contributed by atoms with van der Waals surface area (Å²) in [5, 5.41) is 0. The van der Waals surface area contributed by atoms with Crippen LogP contribution in [0.2, 0.25) is 181 Å². The van der Waals surface area contributed by atoms with E-state index in [4.69, 9.17) is 115 Å². The topological polar surface area (TPSA) is 240 Å². The Morgan fingerprint density at radius 3 is 0.580 bits per heavy atom. The van der Waals surface area contributed by atoms with Crippen molar-refractivity contribution in [1.82, 2.24) is 0 Å². The van der Waals surface area contributed by atoms with Gasteiger partial charge < -0.3 is 115 Å². The first-order chi connectivity index (χ1) is 71.1. The van der Waals surface area contributed by atoms with E-state index in [-0.39, 0.29) is 0 Å². The second kappa shape index (κ2) is 77.2. The molecule has 0 fully saturated rings. The monoisotopic (exact) mass is 2390 g/mol. The smallest absolute Gasteiger partial charge is 0.347 e. The van der Waals surface area contributed by atoms with Gasteiger partial charge in [-0.15, -0.1) is 0 Å². The van der Waals surface area contributed by atoms with Gasteiger partial charge in [0.25, 0.3) is 0 Å². The lowest BCUT2D eigenvalue weighted by Gasteiger charge is -2.41. The Morgan fingerprint density at radius 1 is 0.160 bits per heavy atom. The van der Waals surface area contributed by atoms with Gasteiger partial charge in [-0.25, -0.2) is 0 Å². The molecule has 0 amide bonds. The van der Waals surface area contributed by atoms with E-state index in [1.165, 1.54) is 38.5 Å². The molecule has 8 aliphatic carbocycles. The molecule has 0 aromatic carbocycles. The molecule has 0 spiro atoms. The third-order valence-corrected chi connectivity index (χ3v) is 107. The Kier molecular flexibility index (Phi) is 76.3. The summed E-state index contributed by atoms with van der Waals surface area (Å²) in [6.45, 7) is 76.1. The van der Waals surface area contributed by atoms with E-state index >= 15 is 0 Å². The standard InChI is InChI=1S/C16H34O4Si2.C15H32O4Si2.C15H32O3Si2.C14H30O3Si2.C13H28O3Si2.2C12H26O3Si2.C11H24O3Si2/c1-6-17-21(5,18-7-2)15-22(19-8-3,20-9-4)16-13-11-10-12-14-16;1-6-16-20(5,17-7-2)14-21(18-8-3,19-9-4)15-12-10-11-13-15;1-6-16-19(4,5)14-20(17-7-2,18-8-3)15-12-10-9-11-13-15;1-6-15-18(4,5)13-19(16-7-2,17-8-3)14-11-9-10-12-14;1-6-16-18(15-3,12-17(4,5)14-2)13-10-8-7-9-11-13;1-13-16(4,5)11-17(14-2,15-3)12-9-7-6-8-10-12;1-6-15-17(14-3,11-16(4,5)13-2)12-9-7-8-10-12;1-12-15(4,5)10-16(13-2,14-3)11-8-6-7-9-11/h10-11,16H,6-9,12-15H2,1-5H3;10,12,15H,6-9,11,13-14H2,1-5H3;9-10,15H,6-8,11-14H2,1-5H3;9,11,14H,6-8,10,12-13H2,1-5H3;7-8,13H,6,9-12H2,1-5H3;6-7,12H,8-11H2,1-5H3;7,9,12H,6,8,10-11H2,1-5H3;6,8,11H,7,9-10H2,1-5H3. The quantitative estimate of drug-likeness (QED) is 0.0406. The van der Waals surface area contributed by atoms with Crippen LogP contribution in [0.25, 0.3) is 0 Å². The molecule has 0 aliphatic heterocycles. The highest BCUT2D eigenvalue weighted by Crippen LogP contribution is 2.49. The Morgan fingerprint density at radius 2 is 0.340 bits per heavy atom. The molecule has 42 heteroatoms. The molecule has 26 nitrogen and oxygen atoms in total. The number of rotatable bonds is 66. The molecule has 8 aliphatic rings. The number of allylic oxidation sites excluding steroid dienone is 16. The van der Waals surface area contributed by atoms with E-state index < -0.39 is 136 Å². The van der Waals surface area contributed by atoms with Gasteiger partial charge in [0.1, 0.15) is 0 Å². The molecular weight excluding hydrogens is 2160 g/mol. The highest BCUT2D eigenvalue weighted by atomic mass is 28.4. The predicted molar refractivity (Wildman–Crippen MR) is 664 cm³/mol. The van der Waals surface area contributed by atoms with Crippen LogP contribution in [0.3, 0.4) is 0 Å². The van der Waals surface area contributed by atoms with Crippen molar-refractivity contribution in [2.24, 2.45) is 0 Å². The van der Waals surface area contributed by atoms with Gasteiger partial charge in [0.2, 0.25) is 0 Å². The van der Waals surface area contributed by atoms with Gasteiger partial charge >= 0.3 is 85.6 Å². The molecule has 0 radical (unpaired) electrons. The van der Waals surface area contributed by atoms with Gasteiger partial charge in [0.15, 0.2) is 49.9 Å². The maximum atomic E-state index is 6.36. The molecule has 884 valence electrons. The predicted octanol–water partition coefficient (Wildman–Crippen LogP) is 29.5. The molecule has 8 rings (SSSR count). The van der Waals surface area contributed by atoms with Crippen molar-refractivity contribution in [3.8, 4) is 0 Å². The van der Waals surface area contributed by atoms with Gasteiger partial charge in [-0.1, -0.05) is 97.2 Å². The summed E-state index contributed by atoms with van der Waals surface area (Å²) in [7, 11) is -14.0. The van der Waals surface area contributed by atoms with Crippen molar-refractivity contribution in [3.63, 3.8) is 0 Å². The average molecular weight is 2400 g/mol. The fraction of sp³-hybridized carbons (Fsp3) is 0.852. The lowest BCUT2D eigenvalue weighted by molar-refractivity contribution is 0.156. The first-order valence-corrected chi connectivity index (χ1v) is 98.6. The van der Waals surface area contributed by atoms with Crippen LogP contribution in [0.4, 0.5) is 0 Å². The molecule has 10 atom stereocenters. The second-order valence-electron chi connectivity index (χ2n) is 44.1. The summed E-state index contributed by atoms with van der Waals surface area (Å²) in [4.78, 5) is 0. The van der Waals surface area contributed by atoms with Crippen molar-refractivity contribution < 1.29 is 115 Å². The molecule has 10 unspecified atom stereocenters. The second-order valence-corrected chi connectivity index (χ2v) is 109. The molecule has 0 aromatic heterocycles. The van der Waals surface area contributed by atoms with Crippen molar-refractivity contribution in [2.45, 2.75) is 421 Å². The summed E-state index contributed by atoms with van der Waals surface area (Å²) in [6.07, 6.45) is 59.5. The van der Waals surface area contributed by atoms with Crippen LogP contribution < -0.4 is 0 Å². The van der Waals surface area contributed by atoms with E-state index in [1.807, 2.05) is 77.5 Å². The van der Waals surface area contributed by atoms with Crippen LogP contribution in [0.5, 0.6) is 0 Å². The maximum Gasteiger partial charge on any atom is 0.347 e. The van der Waals surface area contributed by atoms with Crippen LogP contribution in [0.1, 0.15) is 239 Å².